The number of amides is 1. The molecule has 0 bridgehead atoms. The molecule has 2 heterocycles. The summed E-state index contributed by atoms with van der Waals surface area (Å²) in [5, 5.41) is 13.7. The molecule has 3 rings (SSSR count). The number of aromatic nitrogens is 2. The van der Waals surface area contributed by atoms with E-state index in [2.05, 4.69) is 5.10 Å². The summed E-state index contributed by atoms with van der Waals surface area (Å²) >= 11 is 5.96. The van der Waals surface area contributed by atoms with E-state index < -0.39 is 5.97 Å². The second-order valence-electron chi connectivity index (χ2n) is 5.96. The minimum absolute atomic E-state index is 0.00941. The molecule has 0 spiro atoms. The molecule has 1 atom stereocenters. The fraction of sp³-hybridized carbons (Fsp3) is 0.353. The molecule has 0 saturated carbocycles. The van der Waals surface area contributed by atoms with Crippen molar-refractivity contribution in [2.45, 2.75) is 25.3 Å². The number of carbonyl (C=O) groups is 2. The number of rotatable bonds is 4. The summed E-state index contributed by atoms with van der Waals surface area (Å²) in [7, 11) is 0. The summed E-state index contributed by atoms with van der Waals surface area (Å²) in [4.78, 5) is 25.3. The van der Waals surface area contributed by atoms with Gasteiger partial charge in [-0.1, -0.05) is 23.7 Å². The third kappa shape index (κ3) is 3.76. The highest BCUT2D eigenvalue weighted by molar-refractivity contribution is 6.30. The number of carbonyl (C=O) groups excluding carboxylic acids is 1. The van der Waals surface area contributed by atoms with Gasteiger partial charge in [0.2, 0.25) is 5.91 Å². The van der Waals surface area contributed by atoms with Crippen molar-refractivity contribution in [2.75, 3.05) is 13.1 Å². The van der Waals surface area contributed by atoms with Crippen molar-refractivity contribution >= 4 is 23.5 Å². The van der Waals surface area contributed by atoms with Crippen LogP contribution in [0.5, 0.6) is 0 Å². The lowest BCUT2D eigenvalue weighted by atomic mass is 10.0. The molecule has 0 radical (unpaired) electrons. The van der Waals surface area contributed by atoms with Gasteiger partial charge in [0.25, 0.3) is 0 Å². The summed E-state index contributed by atoms with van der Waals surface area (Å²) in [5.41, 5.74) is 1.05. The highest BCUT2D eigenvalue weighted by atomic mass is 35.5. The Bertz CT molecular complexity index is 759. The topological polar surface area (TPSA) is 75.4 Å². The zero-order valence-corrected chi connectivity index (χ0v) is 13.8. The zero-order chi connectivity index (χ0) is 17.1. The van der Waals surface area contributed by atoms with Gasteiger partial charge in [-0.05, 0) is 30.5 Å². The number of carboxylic acid groups (broad SMARTS) is 1. The Morgan fingerprint density at radius 2 is 2.21 bits per heavy atom. The molecule has 2 aromatic rings. The van der Waals surface area contributed by atoms with Gasteiger partial charge < -0.3 is 10.0 Å². The van der Waals surface area contributed by atoms with Crippen LogP contribution in [-0.4, -0.2) is 44.8 Å². The van der Waals surface area contributed by atoms with E-state index in [4.69, 9.17) is 16.7 Å². The maximum Gasteiger partial charge on any atom is 0.338 e. The van der Waals surface area contributed by atoms with E-state index in [1.165, 1.54) is 12.4 Å². The molecule has 1 aliphatic heterocycles. The molecule has 0 aliphatic carbocycles. The number of hydrogen-bond donors (Lipinski definition) is 1. The van der Waals surface area contributed by atoms with Gasteiger partial charge in [0.1, 0.15) is 0 Å². The van der Waals surface area contributed by atoms with Crippen molar-refractivity contribution in [3.05, 3.63) is 52.8 Å². The Kier molecular flexibility index (Phi) is 4.85. The van der Waals surface area contributed by atoms with Gasteiger partial charge in [-0.3, -0.25) is 9.48 Å². The number of carboxylic acids is 1. The molecule has 6 nitrogen and oxygen atoms in total. The Morgan fingerprint density at radius 3 is 2.92 bits per heavy atom. The summed E-state index contributed by atoms with van der Waals surface area (Å²) in [6, 6.07) is 7.31. The number of nitrogens with zero attached hydrogens (tertiary/aromatic N) is 3. The molecule has 126 valence electrons. The van der Waals surface area contributed by atoms with Crippen LogP contribution in [0, 0.1) is 0 Å². The number of piperidine rings is 1. The van der Waals surface area contributed by atoms with Crippen molar-refractivity contribution in [2.24, 2.45) is 0 Å². The summed E-state index contributed by atoms with van der Waals surface area (Å²) < 4.78 is 1.66. The van der Waals surface area contributed by atoms with Gasteiger partial charge >= 0.3 is 5.97 Å². The molecule has 1 amide bonds. The third-order valence-electron chi connectivity index (χ3n) is 4.22. The molecule has 1 fully saturated rings. The van der Waals surface area contributed by atoms with Crippen LogP contribution in [0.4, 0.5) is 0 Å². The lowest BCUT2D eigenvalue weighted by Gasteiger charge is -2.33. The van der Waals surface area contributed by atoms with E-state index in [1.807, 2.05) is 17.0 Å². The smallest absolute Gasteiger partial charge is 0.338 e. The number of halogens is 1. The fourth-order valence-electron chi connectivity index (χ4n) is 2.98. The monoisotopic (exact) mass is 347 g/mol. The van der Waals surface area contributed by atoms with Gasteiger partial charge in [-0.15, -0.1) is 0 Å². The first-order valence-corrected chi connectivity index (χ1v) is 8.20. The maximum atomic E-state index is 12.5. The minimum Gasteiger partial charge on any atom is -0.478 e. The Balaban J connectivity index is 1.66. The van der Waals surface area contributed by atoms with E-state index in [9.17, 15) is 9.59 Å². The SMILES string of the molecule is O=C(O)c1cnn([C@H]2CCCN(C(=O)Cc3cccc(Cl)c3)C2)c1. The predicted octanol–water partition coefficient (Wildman–Crippen LogP) is 2.64. The molecular formula is C17H18ClN3O3. The van der Waals surface area contributed by atoms with Crippen molar-refractivity contribution in [1.82, 2.24) is 14.7 Å². The highest BCUT2D eigenvalue weighted by Gasteiger charge is 2.25. The zero-order valence-electron chi connectivity index (χ0n) is 13.1. The van der Waals surface area contributed by atoms with Crippen LogP contribution in [0.25, 0.3) is 0 Å². The molecule has 1 aliphatic rings. The third-order valence-corrected chi connectivity index (χ3v) is 4.45. The molecule has 1 saturated heterocycles. The predicted molar refractivity (Wildman–Crippen MR) is 89.2 cm³/mol. The van der Waals surface area contributed by atoms with E-state index in [0.717, 1.165) is 18.4 Å². The van der Waals surface area contributed by atoms with Crippen LogP contribution < -0.4 is 0 Å². The number of aromatic carboxylic acids is 1. The molecule has 1 N–H and O–H groups in total. The first-order valence-electron chi connectivity index (χ1n) is 7.82. The molecule has 1 aromatic heterocycles. The first-order chi connectivity index (χ1) is 11.5. The van der Waals surface area contributed by atoms with Crippen molar-refractivity contribution in [3.63, 3.8) is 0 Å². The first kappa shape index (κ1) is 16.5. The molecule has 1 aromatic carbocycles. The van der Waals surface area contributed by atoms with Crippen molar-refractivity contribution in [3.8, 4) is 0 Å². The van der Waals surface area contributed by atoms with Crippen LogP contribution in [0.1, 0.15) is 34.8 Å². The van der Waals surface area contributed by atoms with E-state index >= 15 is 0 Å². The Hall–Kier alpha value is -2.34. The second kappa shape index (κ2) is 7.05. The largest absolute Gasteiger partial charge is 0.478 e. The van der Waals surface area contributed by atoms with Crippen LogP contribution >= 0.6 is 11.6 Å². The van der Waals surface area contributed by atoms with E-state index in [-0.39, 0.29) is 17.5 Å². The standard InChI is InChI=1S/C17H18ClN3O3/c18-14-4-1-3-12(7-14)8-16(22)20-6-2-5-15(11-20)21-10-13(9-19-21)17(23)24/h1,3-4,7,9-10,15H,2,5-6,8,11H2,(H,23,24)/t15-/m0/s1. The average molecular weight is 348 g/mol. The average Bonchev–Trinajstić information content (AvgIpc) is 3.05. The molecule has 24 heavy (non-hydrogen) atoms. The second-order valence-corrected chi connectivity index (χ2v) is 6.39. The Labute approximate surface area is 144 Å². The minimum atomic E-state index is -0.994. The van der Waals surface area contributed by atoms with Gasteiger partial charge in [0, 0.05) is 24.3 Å². The number of hydrogen-bond acceptors (Lipinski definition) is 3. The lowest BCUT2D eigenvalue weighted by molar-refractivity contribution is -0.132. The fourth-order valence-corrected chi connectivity index (χ4v) is 3.19. The van der Waals surface area contributed by atoms with E-state index in [1.54, 1.807) is 16.8 Å². The van der Waals surface area contributed by atoms with Crippen molar-refractivity contribution < 1.29 is 14.7 Å². The lowest BCUT2D eigenvalue weighted by Crippen LogP contribution is -2.41. The van der Waals surface area contributed by atoms with Crippen LogP contribution in [0.3, 0.4) is 0 Å². The number of benzene rings is 1. The van der Waals surface area contributed by atoms with Gasteiger partial charge in [-0.25, -0.2) is 4.79 Å². The van der Waals surface area contributed by atoms with Gasteiger partial charge in [0.15, 0.2) is 0 Å². The summed E-state index contributed by atoms with van der Waals surface area (Å²) in [5.74, 6) is -0.946. The van der Waals surface area contributed by atoms with Crippen LogP contribution in [0.15, 0.2) is 36.7 Å². The molecule has 0 unspecified atom stereocenters. The molecular weight excluding hydrogens is 330 g/mol. The van der Waals surface area contributed by atoms with Crippen LogP contribution in [0.2, 0.25) is 5.02 Å². The highest BCUT2D eigenvalue weighted by Crippen LogP contribution is 2.22. The summed E-state index contributed by atoms with van der Waals surface area (Å²) in [6.45, 7) is 1.25. The number of likely N-dealkylation sites (tertiary alicyclic amines) is 1. The van der Waals surface area contributed by atoms with Crippen LogP contribution in [-0.2, 0) is 11.2 Å². The molecule has 7 heteroatoms. The quantitative estimate of drug-likeness (QED) is 0.922. The Morgan fingerprint density at radius 1 is 1.38 bits per heavy atom. The van der Waals surface area contributed by atoms with Gasteiger partial charge in [-0.2, -0.15) is 5.10 Å². The maximum absolute atomic E-state index is 12.5. The normalized spacial score (nSPS) is 17.7. The van der Waals surface area contributed by atoms with Crippen molar-refractivity contribution in [1.29, 1.82) is 0 Å². The summed E-state index contributed by atoms with van der Waals surface area (Å²) in [6.07, 6.45) is 4.93. The van der Waals surface area contributed by atoms with E-state index in [0.29, 0.717) is 24.5 Å². The van der Waals surface area contributed by atoms with Gasteiger partial charge in [0.05, 0.1) is 24.2 Å².